The van der Waals surface area contributed by atoms with E-state index in [9.17, 15) is 23.1 Å². The van der Waals surface area contributed by atoms with Crippen molar-refractivity contribution in [2.45, 2.75) is 11.8 Å². The molecule has 3 aromatic carbocycles. The average Bonchev–Trinajstić information content (AvgIpc) is 2.75. The van der Waals surface area contributed by atoms with Crippen LogP contribution < -0.4 is 15.7 Å². The Hall–Kier alpha value is -4.11. The number of sulfonamides is 1. The second-order valence-corrected chi connectivity index (χ2v) is 8.80. The fraction of sp³-hybridized carbons (Fsp3) is 0.0435. The quantitative estimate of drug-likeness (QED) is 0.397. The molecule has 0 saturated carbocycles. The molecule has 4 rings (SSSR count). The Kier molecular flexibility index (Phi) is 5.41. The molecule has 0 atom stereocenters. The maximum absolute atomic E-state index is 12.6. The van der Waals surface area contributed by atoms with Crippen LogP contribution in [0.3, 0.4) is 0 Å². The molecule has 32 heavy (non-hydrogen) atoms. The van der Waals surface area contributed by atoms with E-state index in [2.05, 4.69) is 10.0 Å². The second-order valence-electron chi connectivity index (χ2n) is 7.12. The fourth-order valence-electron chi connectivity index (χ4n) is 3.02. The lowest BCUT2D eigenvalue weighted by Gasteiger charge is -2.10. The third-order valence-electron chi connectivity index (χ3n) is 4.69. The molecule has 4 aromatic rings. The molecule has 0 spiro atoms. The number of amides is 1. The van der Waals surface area contributed by atoms with Gasteiger partial charge in [-0.05, 0) is 67.6 Å². The van der Waals surface area contributed by atoms with Gasteiger partial charge >= 0.3 is 5.63 Å². The summed E-state index contributed by atoms with van der Waals surface area (Å²) in [4.78, 5) is 24.7. The molecule has 1 heterocycles. The van der Waals surface area contributed by atoms with E-state index in [0.29, 0.717) is 16.8 Å². The SMILES string of the molecule is Cc1ccc(NS(=O)(=O)c2ccc(NC(=O)c3cc4cc(O)ccc4oc3=O)cc2)cc1. The number of anilines is 2. The van der Waals surface area contributed by atoms with Gasteiger partial charge in [-0.2, -0.15) is 0 Å². The van der Waals surface area contributed by atoms with Crippen LogP contribution in [0.5, 0.6) is 5.75 Å². The molecule has 0 aliphatic rings. The van der Waals surface area contributed by atoms with E-state index < -0.39 is 21.6 Å². The lowest BCUT2D eigenvalue weighted by atomic mass is 10.1. The molecule has 9 heteroatoms. The van der Waals surface area contributed by atoms with Crippen molar-refractivity contribution in [2.75, 3.05) is 10.0 Å². The summed E-state index contributed by atoms with van der Waals surface area (Å²) in [5, 5.41) is 12.5. The van der Waals surface area contributed by atoms with Crippen LogP contribution in [0.1, 0.15) is 15.9 Å². The summed E-state index contributed by atoms with van der Waals surface area (Å²) in [5.41, 5.74) is 0.884. The van der Waals surface area contributed by atoms with Crippen LogP contribution in [0.15, 0.2) is 86.9 Å². The second kappa shape index (κ2) is 8.20. The van der Waals surface area contributed by atoms with Crippen LogP contribution in [0, 0.1) is 6.92 Å². The zero-order chi connectivity index (χ0) is 22.9. The van der Waals surface area contributed by atoms with Crippen molar-refractivity contribution in [2.24, 2.45) is 0 Å². The minimum Gasteiger partial charge on any atom is -0.508 e. The van der Waals surface area contributed by atoms with E-state index in [4.69, 9.17) is 4.42 Å². The first-order chi connectivity index (χ1) is 15.2. The van der Waals surface area contributed by atoms with Gasteiger partial charge in [0.2, 0.25) is 0 Å². The van der Waals surface area contributed by atoms with Crippen LogP contribution in [-0.2, 0) is 10.0 Å². The van der Waals surface area contributed by atoms with E-state index in [-0.39, 0.29) is 21.8 Å². The van der Waals surface area contributed by atoms with E-state index >= 15 is 0 Å². The highest BCUT2D eigenvalue weighted by Gasteiger charge is 2.17. The monoisotopic (exact) mass is 450 g/mol. The lowest BCUT2D eigenvalue weighted by Crippen LogP contribution is -2.20. The molecule has 1 amide bonds. The molecular formula is C23H18N2O6S. The number of carbonyl (C=O) groups excluding carboxylic acids is 1. The third-order valence-corrected chi connectivity index (χ3v) is 6.08. The first-order valence-corrected chi connectivity index (χ1v) is 11.0. The van der Waals surface area contributed by atoms with Gasteiger partial charge in [-0.3, -0.25) is 9.52 Å². The molecule has 8 nitrogen and oxygen atoms in total. The summed E-state index contributed by atoms with van der Waals surface area (Å²) in [6, 6.07) is 17.9. The van der Waals surface area contributed by atoms with Gasteiger partial charge in [0.1, 0.15) is 16.9 Å². The smallest absolute Gasteiger partial charge is 0.349 e. The van der Waals surface area contributed by atoms with E-state index in [1.54, 1.807) is 24.3 Å². The summed E-state index contributed by atoms with van der Waals surface area (Å²) in [6.07, 6.45) is 0. The number of fused-ring (bicyclic) bond motifs is 1. The summed E-state index contributed by atoms with van der Waals surface area (Å²) in [5.74, 6) is -0.758. The van der Waals surface area contributed by atoms with E-state index in [1.165, 1.54) is 48.5 Å². The van der Waals surface area contributed by atoms with Gasteiger partial charge in [0, 0.05) is 16.8 Å². The van der Waals surface area contributed by atoms with E-state index in [1.807, 2.05) is 6.92 Å². The lowest BCUT2D eigenvalue weighted by molar-refractivity contribution is 0.102. The Morgan fingerprint density at radius 2 is 1.56 bits per heavy atom. The Morgan fingerprint density at radius 3 is 2.25 bits per heavy atom. The topological polar surface area (TPSA) is 126 Å². The Labute approximate surface area is 183 Å². The number of rotatable bonds is 5. The minimum absolute atomic E-state index is 0.0109. The number of nitrogens with one attached hydrogen (secondary N) is 2. The molecule has 162 valence electrons. The van der Waals surface area contributed by atoms with Crippen molar-refractivity contribution in [3.05, 3.63) is 94.3 Å². The van der Waals surface area contributed by atoms with Crippen LogP contribution in [0.2, 0.25) is 0 Å². The zero-order valence-corrected chi connectivity index (χ0v) is 17.6. The molecule has 0 aliphatic heterocycles. The largest absolute Gasteiger partial charge is 0.508 e. The molecule has 3 N–H and O–H groups in total. The number of phenols is 1. The van der Waals surface area contributed by atoms with Gasteiger partial charge in [0.25, 0.3) is 15.9 Å². The predicted molar refractivity (Wildman–Crippen MR) is 121 cm³/mol. The number of aromatic hydroxyl groups is 1. The highest BCUT2D eigenvalue weighted by Crippen LogP contribution is 2.21. The van der Waals surface area contributed by atoms with Crippen LogP contribution in [-0.4, -0.2) is 19.4 Å². The molecule has 1 aromatic heterocycles. The van der Waals surface area contributed by atoms with Crippen LogP contribution in [0.4, 0.5) is 11.4 Å². The first-order valence-electron chi connectivity index (χ1n) is 9.49. The molecule has 0 unspecified atom stereocenters. The number of hydrogen-bond acceptors (Lipinski definition) is 6. The predicted octanol–water partition coefficient (Wildman–Crippen LogP) is 3.86. The number of benzene rings is 3. The third kappa shape index (κ3) is 4.47. The van der Waals surface area contributed by atoms with Crippen LogP contribution >= 0.6 is 0 Å². The maximum Gasteiger partial charge on any atom is 0.349 e. The van der Waals surface area contributed by atoms with Gasteiger partial charge in [-0.15, -0.1) is 0 Å². The highest BCUT2D eigenvalue weighted by molar-refractivity contribution is 7.92. The van der Waals surface area contributed by atoms with Gasteiger partial charge in [-0.1, -0.05) is 17.7 Å². The first kappa shape index (κ1) is 21.1. The van der Waals surface area contributed by atoms with Crippen molar-refractivity contribution in [1.29, 1.82) is 0 Å². The number of aryl methyl sites for hydroxylation is 1. The Bertz CT molecular complexity index is 1470. The molecule has 0 radical (unpaired) electrons. The normalized spacial score (nSPS) is 11.3. The Morgan fingerprint density at radius 1 is 0.906 bits per heavy atom. The van der Waals surface area contributed by atoms with Crippen molar-refractivity contribution in [1.82, 2.24) is 0 Å². The van der Waals surface area contributed by atoms with Crippen LogP contribution in [0.25, 0.3) is 11.0 Å². The molecule has 0 saturated heterocycles. The summed E-state index contributed by atoms with van der Waals surface area (Å²) in [7, 11) is -3.81. The summed E-state index contributed by atoms with van der Waals surface area (Å²) >= 11 is 0. The van der Waals surface area contributed by atoms with Gasteiger partial charge in [0.05, 0.1) is 4.90 Å². The average molecular weight is 450 g/mol. The minimum atomic E-state index is -3.81. The van der Waals surface area contributed by atoms with Crippen molar-refractivity contribution in [3.63, 3.8) is 0 Å². The zero-order valence-electron chi connectivity index (χ0n) is 16.8. The molecule has 0 aliphatic carbocycles. The molecular weight excluding hydrogens is 432 g/mol. The highest BCUT2D eigenvalue weighted by atomic mass is 32.2. The maximum atomic E-state index is 12.6. The summed E-state index contributed by atoms with van der Waals surface area (Å²) < 4.78 is 32.7. The van der Waals surface area contributed by atoms with Crippen molar-refractivity contribution >= 4 is 38.3 Å². The fourth-order valence-corrected chi connectivity index (χ4v) is 4.08. The number of hydrogen-bond donors (Lipinski definition) is 3. The van der Waals surface area contributed by atoms with E-state index in [0.717, 1.165) is 5.56 Å². The standard InChI is InChI=1S/C23H18N2O6S/c1-14-2-4-17(5-3-14)25-32(29,30)19-9-6-16(7-10-19)24-22(27)20-13-15-12-18(26)8-11-21(15)31-23(20)28/h2-13,25-26H,1H3,(H,24,27). The Balaban J connectivity index is 1.53. The molecule has 0 bridgehead atoms. The molecule has 0 fully saturated rings. The number of carbonyl (C=O) groups is 1. The summed E-state index contributed by atoms with van der Waals surface area (Å²) in [6.45, 7) is 1.90. The van der Waals surface area contributed by atoms with Crippen molar-refractivity contribution < 1.29 is 22.7 Å². The van der Waals surface area contributed by atoms with Gasteiger partial charge < -0.3 is 14.8 Å². The van der Waals surface area contributed by atoms with Gasteiger partial charge in [-0.25, -0.2) is 13.2 Å². The van der Waals surface area contributed by atoms with Gasteiger partial charge in [0.15, 0.2) is 0 Å². The van der Waals surface area contributed by atoms with Crippen molar-refractivity contribution in [3.8, 4) is 5.75 Å². The number of phenolic OH excluding ortho intramolecular Hbond substituents is 1.